The third-order valence-electron chi connectivity index (χ3n) is 10.4. The minimum atomic E-state index is -0.466. The van der Waals surface area contributed by atoms with Crippen molar-refractivity contribution in [3.05, 3.63) is 107 Å². The molecule has 0 N–H and O–H groups in total. The Kier molecular flexibility index (Phi) is 8.67. The first-order chi connectivity index (χ1) is 24.7. The predicted molar refractivity (Wildman–Crippen MR) is 193 cm³/mol. The SMILES string of the molecule is CC(C)Oc1ccc(C2=NCc3ccc(N4CC[C@]5(CCN(CC(=O)N6CC=C(c7ccc(-c8ncc(F)cn8)cc7)CC6)C5)C4=O)cc32)cn1. The van der Waals surface area contributed by atoms with Crippen LogP contribution in [0.15, 0.2) is 84.3 Å². The van der Waals surface area contributed by atoms with Gasteiger partial charge in [0.05, 0.1) is 42.7 Å². The van der Waals surface area contributed by atoms with Crippen LogP contribution in [0.1, 0.15) is 55.4 Å². The van der Waals surface area contributed by atoms with Crippen molar-refractivity contribution in [1.82, 2.24) is 24.8 Å². The summed E-state index contributed by atoms with van der Waals surface area (Å²) in [6, 6.07) is 18.0. The van der Waals surface area contributed by atoms with Gasteiger partial charge in [-0.05, 0) is 74.6 Å². The number of carbonyl (C=O) groups is 2. The Labute approximate surface area is 296 Å². The fraction of sp³-hybridized carbons (Fsp3) is 0.350. The van der Waals surface area contributed by atoms with Crippen LogP contribution in [0.25, 0.3) is 17.0 Å². The average molecular weight is 686 g/mol. The predicted octanol–water partition coefficient (Wildman–Crippen LogP) is 5.56. The first-order valence-corrected chi connectivity index (χ1v) is 17.6. The van der Waals surface area contributed by atoms with Gasteiger partial charge in [-0.2, -0.15) is 0 Å². The van der Waals surface area contributed by atoms with Gasteiger partial charge in [0, 0.05) is 60.8 Å². The lowest BCUT2D eigenvalue weighted by Gasteiger charge is -2.29. The quantitative estimate of drug-likeness (QED) is 0.239. The maximum Gasteiger partial charge on any atom is 0.237 e. The summed E-state index contributed by atoms with van der Waals surface area (Å²) in [5.74, 6) is 0.845. The lowest BCUT2D eigenvalue weighted by Crippen LogP contribution is -2.43. The van der Waals surface area contributed by atoms with Crippen molar-refractivity contribution in [3.8, 4) is 17.3 Å². The van der Waals surface area contributed by atoms with Gasteiger partial charge in [0.1, 0.15) is 0 Å². The van der Waals surface area contributed by atoms with Gasteiger partial charge in [0.25, 0.3) is 0 Å². The van der Waals surface area contributed by atoms with Gasteiger partial charge in [0.15, 0.2) is 11.6 Å². The number of likely N-dealkylation sites (tertiary alicyclic amines) is 1. The van der Waals surface area contributed by atoms with Gasteiger partial charge in [-0.1, -0.05) is 36.4 Å². The Bertz CT molecular complexity index is 2030. The molecule has 1 atom stereocenters. The molecule has 2 fully saturated rings. The maximum atomic E-state index is 14.0. The zero-order valence-electron chi connectivity index (χ0n) is 28.9. The number of pyridine rings is 1. The van der Waals surface area contributed by atoms with Crippen LogP contribution in [0.4, 0.5) is 10.1 Å². The van der Waals surface area contributed by atoms with E-state index in [2.05, 4.69) is 38.1 Å². The van der Waals surface area contributed by atoms with E-state index in [0.29, 0.717) is 51.0 Å². The van der Waals surface area contributed by atoms with Crippen molar-refractivity contribution in [2.24, 2.45) is 10.4 Å². The molecule has 2 aromatic heterocycles. The number of aliphatic imine (C=N–C) groups is 1. The molecule has 51 heavy (non-hydrogen) atoms. The Morgan fingerprint density at radius 2 is 1.69 bits per heavy atom. The summed E-state index contributed by atoms with van der Waals surface area (Å²) in [7, 11) is 0. The first kappa shape index (κ1) is 32.9. The van der Waals surface area contributed by atoms with E-state index >= 15 is 0 Å². The van der Waals surface area contributed by atoms with E-state index in [4.69, 9.17) is 9.73 Å². The Morgan fingerprint density at radius 3 is 2.41 bits per heavy atom. The molecule has 260 valence electrons. The van der Waals surface area contributed by atoms with Crippen molar-refractivity contribution >= 4 is 28.8 Å². The minimum absolute atomic E-state index is 0.0508. The lowest BCUT2D eigenvalue weighted by atomic mass is 9.85. The molecule has 0 aliphatic carbocycles. The summed E-state index contributed by atoms with van der Waals surface area (Å²) in [5.41, 5.74) is 7.52. The highest BCUT2D eigenvalue weighted by Crippen LogP contribution is 2.43. The standard InChI is InChI=1S/C40H40FN7O3/c1-26(2)51-35-10-8-31(21-42-35)37-34-19-33(9-7-30(34)20-43-37)48-18-14-40(39(48)50)13-17-46(25-40)24-36(49)47-15-11-28(12-16-47)27-3-5-29(6-4-27)38-44-22-32(41)23-45-38/h3-11,19,21-23,26H,12-18,20,24-25H2,1-2H3/t40-/m0/s1. The number of ether oxygens (including phenoxy) is 1. The Morgan fingerprint density at radius 1 is 0.922 bits per heavy atom. The second-order valence-corrected chi connectivity index (χ2v) is 14.1. The number of benzene rings is 2. The van der Waals surface area contributed by atoms with Gasteiger partial charge in [0.2, 0.25) is 17.7 Å². The number of nitrogens with zero attached hydrogens (tertiary/aromatic N) is 7. The van der Waals surface area contributed by atoms with Crippen molar-refractivity contribution < 1.29 is 18.7 Å². The van der Waals surface area contributed by atoms with Gasteiger partial charge in [-0.25, -0.2) is 19.3 Å². The molecule has 11 heteroatoms. The summed E-state index contributed by atoms with van der Waals surface area (Å²) in [4.78, 5) is 50.8. The molecule has 2 saturated heterocycles. The number of hydrogen-bond donors (Lipinski definition) is 0. The highest BCUT2D eigenvalue weighted by molar-refractivity contribution is 6.16. The van der Waals surface area contributed by atoms with Crippen molar-refractivity contribution in [1.29, 1.82) is 0 Å². The molecule has 0 radical (unpaired) electrons. The van der Waals surface area contributed by atoms with E-state index in [0.717, 1.165) is 77.4 Å². The summed E-state index contributed by atoms with van der Waals surface area (Å²) in [6.45, 7) is 8.06. The van der Waals surface area contributed by atoms with E-state index in [1.165, 1.54) is 5.57 Å². The van der Waals surface area contributed by atoms with Gasteiger partial charge in [-0.15, -0.1) is 0 Å². The fourth-order valence-electron chi connectivity index (χ4n) is 7.70. The van der Waals surface area contributed by atoms with Gasteiger partial charge < -0.3 is 14.5 Å². The monoisotopic (exact) mass is 685 g/mol. The number of carbonyl (C=O) groups excluding carboxylic acids is 2. The van der Waals surface area contributed by atoms with E-state index < -0.39 is 11.2 Å². The lowest BCUT2D eigenvalue weighted by molar-refractivity contribution is -0.132. The highest BCUT2D eigenvalue weighted by Gasteiger charge is 2.51. The van der Waals surface area contributed by atoms with Crippen LogP contribution in [-0.2, 0) is 16.1 Å². The summed E-state index contributed by atoms with van der Waals surface area (Å²) >= 11 is 0. The first-order valence-electron chi connectivity index (χ1n) is 17.6. The largest absolute Gasteiger partial charge is 0.475 e. The number of hydrogen-bond acceptors (Lipinski definition) is 8. The molecule has 4 aliphatic heterocycles. The molecule has 2 amide bonds. The van der Waals surface area contributed by atoms with Crippen LogP contribution < -0.4 is 9.64 Å². The van der Waals surface area contributed by atoms with Crippen molar-refractivity contribution in [3.63, 3.8) is 0 Å². The zero-order valence-corrected chi connectivity index (χ0v) is 28.9. The van der Waals surface area contributed by atoms with Crippen LogP contribution >= 0.6 is 0 Å². The third kappa shape index (κ3) is 6.54. The molecular weight excluding hydrogens is 645 g/mol. The number of fused-ring (bicyclic) bond motifs is 1. The molecule has 0 unspecified atom stereocenters. The fourth-order valence-corrected chi connectivity index (χ4v) is 7.70. The molecular formula is C40H40FN7O3. The number of amides is 2. The summed E-state index contributed by atoms with van der Waals surface area (Å²) in [6.07, 6.45) is 8.59. The molecule has 10 nitrogen and oxygen atoms in total. The Hall–Kier alpha value is -5.29. The molecule has 2 aromatic carbocycles. The molecule has 0 saturated carbocycles. The maximum absolute atomic E-state index is 14.0. The molecule has 4 aliphatic rings. The van der Waals surface area contributed by atoms with E-state index in [-0.39, 0.29) is 17.9 Å². The normalized spacial score (nSPS) is 20.3. The molecule has 1 spiro atoms. The number of rotatable bonds is 8. The number of aromatic nitrogens is 3. The van der Waals surface area contributed by atoms with Crippen LogP contribution in [0.2, 0.25) is 0 Å². The van der Waals surface area contributed by atoms with Crippen molar-refractivity contribution in [2.75, 3.05) is 44.2 Å². The Balaban J connectivity index is 0.872. The average Bonchev–Trinajstić information content (AvgIpc) is 3.85. The van der Waals surface area contributed by atoms with Crippen molar-refractivity contribution in [2.45, 2.75) is 45.8 Å². The van der Waals surface area contributed by atoms with Gasteiger partial charge >= 0.3 is 0 Å². The summed E-state index contributed by atoms with van der Waals surface area (Å²) in [5, 5.41) is 0. The molecule has 4 aromatic rings. The number of anilines is 1. The van der Waals surface area contributed by atoms with Gasteiger partial charge in [-0.3, -0.25) is 19.5 Å². The highest BCUT2D eigenvalue weighted by atomic mass is 19.1. The van der Waals surface area contributed by atoms with E-state index in [9.17, 15) is 14.0 Å². The third-order valence-corrected chi connectivity index (χ3v) is 10.4. The molecule has 0 bridgehead atoms. The summed E-state index contributed by atoms with van der Waals surface area (Å²) < 4.78 is 18.9. The van der Waals surface area contributed by atoms with E-state index in [1.807, 2.05) is 66.1 Å². The van der Waals surface area contributed by atoms with Crippen LogP contribution in [0, 0.1) is 11.2 Å². The second-order valence-electron chi connectivity index (χ2n) is 14.1. The second kappa shape index (κ2) is 13.4. The smallest absolute Gasteiger partial charge is 0.237 e. The molecule has 6 heterocycles. The van der Waals surface area contributed by atoms with Crippen LogP contribution in [0.5, 0.6) is 5.88 Å². The minimum Gasteiger partial charge on any atom is -0.475 e. The zero-order chi connectivity index (χ0) is 35.1. The van der Waals surface area contributed by atoms with Crippen LogP contribution in [-0.4, -0.2) is 87.7 Å². The topological polar surface area (TPSA) is 104 Å². The van der Waals surface area contributed by atoms with E-state index in [1.54, 1.807) is 6.20 Å². The van der Waals surface area contributed by atoms with Crippen LogP contribution in [0.3, 0.4) is 0 Å². The molecule has 8 rings (SSSR count). The number of halogens is 1.